The zero-order valence-electron chi connectivity index (χ0n) is 10.4. The van der Waals surface area contributed by atoms with E-state index in [0.717, 1.165) is 0 Å². The second kappa shape index (κ2) is 7.09. The molecule has 0 spiro atoms. The fourth-order valence-corrected chi connectivity index (χ4v) is 1.49. The van der Waals surface area contributed by atoms with Gasteiger partial charge in [0, 0.05) is 6.21 Å². The van der Waals surface area contributed by atoms with Crippen LogP contribution in [0.2, 0.25) is 0 Å². The summed E-state index contributed by atoms with van der Waals surface area (Å²) in [4.78, 5) is 15.0. The molecule has 0 amide bonds. The summed E-state index contributed by atoms with van der Waals surface area (Å²) in [6.45, 7) is 0. The molecule has 0 saturated carbocycles. The van der Waals surface area contributed by atoms with Crippen LogP contribution >= 0.6 is 0 Å². The van der Waals surface area contributed by atoms with E-state index in [0.29, 0.717) is 11.3 Å². The predicted molar refractivity (Wildman–Crippen MR) is 66.5 cm³/mol. The van der Waals surface area contributed by atoms with Crippen LogP contribution in [-0.4, -0.2) is 17.3 Å². The number of para-hydroxylation sites is 2. The zero-order valence-corrected chi connectivity index (χ0v) is 12.4. The molecule has 4 nitrogen and oxygen atoms in total. The molecule has 0 aliphatic rings. The largest absolute Gasteiger partial charge is 1.00 e. The Labute approximate surface area is 132 Å². The van der Waals surface area contributed by atoms with Crippen LogP contribution in [0.5, 0.6) is 5.75 Å². The first-order chi connectivity index (χ1) is 8.68. The van der Waals surface area contributed by atoms with Gasteiger partial charge in [-0.2, -0.15) is 0 Å². The van der Waals surface area contributed by atoms with Crippen molar-refractivity contribution in [3.63, 3.8) is 0 Å². The maximum absolute atomic E-state index is 11.5. The van der Waals surface area contributed by atoms with E-state index < -0.39 is 5.97 Å². The van der Waals surface area contributed by atoms with Gasteiger partial charge in [-0.25, -0.2) is 4.79 Å². The molecule has 0 aromatic heterocycles. The van der Waals surface area contributed by atoms with Crippen molar-refractivity contribution in [1.29, 1.82) is 0 Å². The normalized spacial score (nSPS) is 10.1. The molecule has 0 radical (unpaired) electrons. The van der Waals surface area contributed by atoms with Crippen LogP contribution in [-0.2, 0) is 0 Å². The maximum atomic E-state index is 11.5. The van der Waals surface area contributed by atoms with Crippen LogP contribution < -0.4 is 34.7 Å². The van der Waals surface area contributed by atoms with Gasteiger partial charge < -0.3 is 10.2 Å². The smallest absolute Gasteiger partial charge is 0.872 e. The van der Waals surface area contributed by atoms with E-state index in [-0.39, 0.29) is 40.9 Å². The van der Waals surface area contributed by atoms with Gasteiger partial charge in [-0.15, -0.1) is 5.75 Å². The van der Waals surface area contributed by atoms with Crippen molar-refractivity contribution in [1.82, 2.24) is 0 Å². The predicted octanol–water partition coefficient (Wildman–Crippen LogP) is -0.787. The number of aliphatic imine (C=N–C) groups is 1. The number of aromatic carboxylic acids is 1. The van der Waals surface area contributed by atoms with E-state index in [9.17, 15) is 9.90 Å². The average molecular weight is 263 g/mol. The SMILES string of the molecule is O=C(O)c1ccccc1N=Cc1ccccc1[O-].[Na+]. The summed E-state index contributed by atoms with van der Waals surface area (Å²) >= 11 is 0. The summed E-state index contributed by atoms with van der Waals surface area (Å²) < 4.78 is 0. The third-order valence-electron chi connectivity index (χ3n) is 2.40. The number of nitrogens with zero attached hydrogens (tertiary/aromatic N) is 1. The molecule has 19 heavy (non-hydrogen) atoms. The van der Waals surface area contributed by atoms with Gasteiger partial charge in [0.25, 0.3) is 0 Å². The summed E-state index contributed by atoms with van der Waals surface area (Å²) in [5.41, 5.74) is 0.864. The van der Waals surface area contributed by atoms with Crippen LogP contribution in [0.4, 0.5) is 5.69 Å². The quantitative estimate of drug-likeness (QED) is 0.583. The Morgan fingerprint density at radius 1 is 1.11 bits per heavy atom. The monoisotopic (exact) mass is 263 g/mol. The van der Waals surface area contributed by atoms with Crippen molar-refractivity contribution in [2.75, 3.05) is 0 Å². The maximum Gasteiger partial charge on any atom is 1.00 e. The summed E-state index contributed by atoms with van der Waals surface area (Å²) in [6, 6.07) is 12.8. The Kier molecular flexibility index (Phi) is 5.76. The molecule has 1 N–H and O–H groups in total. The number of carbonyl (C=O) groups is 1. The van der Waals surface area contributed by atoms with Crippen LogP contribution in [0.15, 0.2) is 53.5 Å². The summed E-state index contributed by atoms with van der Waals surface area (Å²) in [5.74, 6) is -1.19. The number of benzene rings is 2. The molecule has 2 aromatic rings. The summed E-state index contributed by atoms with van der Waals surface area (Å²) in [7, 11) is 0. The van der Waals surface area contributed by atoms with Crippen LogP contribution in [0.3, 0.4) is 0 Å². The van der Waals surface area contributed by atoms with Gasteiger partial charge in [0.2, 0.25) is 0 Å². The molecule has 0 fully saturated rings. The average Bonchev–Trinajstić information content (AvgIpc) is 2.38. The molecule has 0 saturated heterocycles. The van der Waals surface area contributed by atoms with Gasteiger partial charge in [-0.05, 0) is 17.7 Å². The third-order valence-corrected chi connectivity index (χ3v) is 2.40. The number of rotatable bonds is 3. The second-order valence-corrected chi connectivity index (χ2v) is 3.62. The van der Waals surface area contributed by atoms with E-state index in [2.05, 4.69) is 4.99 Å². The van der Waals surface area contributed by atoms with Crippen molar-refractivity contribution < 1.29 is 44.6 Å². The molecule has 0 unspecified atom stereocenters. The van der Waals surface area contributed by atoms with Gasteiger partial charge in [-0.3, -0.25) is 4.99 Å². The van der Waals surface area contributed by atoms with Crippen LogP contribution in [0.25, 0.3) is 0 Å². The molecule has 0 atom stereocenters. The number of hydrogen-bond acceptors (Lipinski definition) is 3. The standard InChI is InChI=1S/C14H11NO3.Na/c16-13-8-4-1-5-10(13)9-15-12-7-3-2-6-11(12)14(17)18;/h1-9,16H,(H,17,18);/q;+1/p-1. The first-order valence-electron chi connectivity index (χ1n) is 5.31. The molecule has 0 aliphatic carbocycles. The first-order valence-corrected chi connectivity index (χ1v) is 5.31. The van der Waals surface area contributed by atoms with Crippen molar-refractivity contribution in [3.05, 3.63) is 59.7 Å². The topological polar surface area (TPSA) is 72.7 Å². The molecule has 2 aromatic carbocycles. The van der Waals surface area contributed by atoms with Gasteiger partial charge in [0.05, 0.1) is 11.3 Å². The first kappa shape index (κ1) is 15.4. The summed E-state index contributed by atoms with van der Waals surface area (Å²) in [5, 5.41) is 20.4. The van der Waals surface area contributed by atoms with Crippen molar-refractivity contribution >= 4 is 17.9 Å². The molecule has 90 valence electrons. The van der Waals surface area contributed by atoms with Crippen molar-refractivity contribution in [2.24, 2.45) is 4.99 Å². The van der Waals surface area contributed by atoms with E-state index in [1.807, 2.05) is 0 Å². The Hall–Kier alpha value is -1.62. The van der Waals surface area contributed by atoms with Gasteiger partial charge >= 0.3 is 35.5 Å². The van der Waals surface area contributed by atoms with E-state index in [4.69, 9.17) is 5.11 Å². The molecule has 0 bridgehead atoms. The Morgan fingerprint density at radius 2 is 1.74 bits per heavy atom. The number of carboxylic acids is 1. The van der Waals surface area contributed by atoms with Crippen LogP contribution in [0, 0.1) is 0 Å². The fourth-order valence-electron chi connectivity index (χ4n) is 1.49. The molecular weight excluding hydrogens is 253 g/mol. The van der Waals surface area contributed by atoms with E-state index >= 15 is 0 Å². The molecule has 2 rings (SSSR count). The number of hydrogen-bond donors (Lipinski definition) is 1. The van der Waals surface area contributed by atoms with Gasteiger partial charge in [-0.1, -0.05) is 36.4 Å². The Bertz CT molecular complexity index is 611. The second-order valence-electron chi connectivity index (χ2n) is 3.62. The third kappa shape index (κ3) is 3.92. The van der Waals surface area contributed by atoms with Gasteiger partial charge in [0.15, 0.2) is 0 Å². The number of carboxylic acid groups (broad SMARTS) is 1. The molecular formula is C14H10NNaO3. The zero-order chi connectivity index (χ0) is 13.0. The molecule has 0 aliphatic heterocycles. The Balaban J connectivity index is 0.00000180. The molecule has 0 heterocycles. The van der Waals surface area contributed by atoms with E-state index in [1.165, 1.54) is 18.3 Å². The van der Waals surface area contributed by atoms with Crippen molar-refractivity contribution in [3.8, 4) is 5.75 Å². The fraction of sp³-hybridized carbons (Fsp3) is 0. The minimum Gasteiger partial charge on any atom is -0.872 e. The Morgan fingerprint density at radius 3 is 2.42 bits per heavy atom. The minimum atomic E-state index is -1.04. The van der Waals surface area contributed by atoms with Crippen molar-refractivity contribution in [2.45, 2.75) is 0 Å². The van der Waals surface area contributed by atoms with Crippen LogP contribution in [0.1, 0.15) is 15.9 Å². The summed E-state index contributed by atoms with van der Waals surface area (Å²) in [6.07, 6.45) is 1.38. The van der Waals surface area contributed by atoms with Gasteiger partial charge in [0.1, 0.15) is 0 Å². The minimum absolute atomic E-state index is 0. The van der Waals surface area contributed by atoms with E-state index in [1.54, 1.807) is 36.4 Å². The molecule has 5 heteroatoms.